The molecule has 104 valence electrons. The van der Waals surface area contributed by atoms with E-state index in [1.807, 2.05) is 13.8 Å². The third kappa shape index (κ3) is 3.72. The fourth-order valence-electron chi connectivity index (χ4n) is 2.26. The van der Waals surface area contributed by atoms with Crippen molar-refractivity contribution in [2.75, 3.05) is 6.61 Å². The van der Waals surface area contributed by atoms with Crippen LogP contribution < -0.4 is 0 Å². The van der Waals surface area contributed by atoms with Gasteiger partial charge in [0, 0.05) is 6.42 Å². The van der Waals surface area contributed by atoms with Gasteiger partial charge in [0.25, 0.3) is 0 Å². The molecule has 0 radical (unpaired) electrons. The minimum atomic E-state index is -0.471. The minimum absolute atomic E-state index is 0.0835. The van der Waals surface area contributed by atoms with Gasteiger partial charge >= 0.3 is 6.09 Å². The maximum atomic E-state index is 12.2. The van der Waals surface area contributed by atoms with Gasteiger partial charge in [-0.1, -0.05) is 47.0 Å². The quantitative estimate of drug-likeness (QED) is 0.732. The second-order valence-electron chi connectivity index (χ2n) is 5.60. The van der Waals surface area contributed by atoms with Crippen LogP contribution >= 0.6 is 0 Å². The summed E-state index contributed by atoms with van der Waals surface area (Å²) in [5.74, 6) is 0.491. The molecule has 1 aliphatic heterocycles. The van der Waals surface area contributed by atoms with Gasteiger partial charge in [0.05, 0.1) is 6.04 Å². The molecule has 0 saturated carbocycles. The SMILES string of the molecule is CCCC[C@H](C)CC(=O)N1C(=O)OC[C@@H]1C(C)C. The average Bonchev–Trinajstić information content (AvgIpc) is 2.68. The Kier molecular flexibility index (Phi) is 5.63. The highest BCUT2D eigenvalue weighted by molar-refractivity contribution is 5.93. The molecule has 0 unspecified atom stereocenters. The second kappa shape index (κ2) is 6.76. The number of nitrogens with zero attached hydrogens (tertiary/aromatic N) is 1. The van der Waals surface area contributed by atoms with Crippen LogP contribution in [0.1, 0.15) is 53.4 Å². The number of amides is 2. The van der Waals surface area contributed by atoms with Crippen molar-refractivity contribution in [3.05, 3.63) is 0 Å². The van der Waals surface area contributed by atoms with Crippen LogP contribution in [-0.4, -0.2) is 29.5 Å². The zero-order valence-corrected chi connectivity index (χ0v) is 11.9. The Morgan fingerprint density at radius 1 is 1.44 bits per heavy atom. The number of ether oxygens (including phenoxy) is 1. The van der Waals surface area contributed by atoms with Gasteiger partial charge in [-0.05, 0) is 11.8 Å². The van der Waals surface area contributed by atoms with E-state index >= 15 is 0 Å². The fourth-order valence-corrected chi connectivity index (χ4v) is 2.26. The third-order valence-corrected chi connectivity index (χ3v) is 3.52. The molecule has 0 N–H and O–H groups in total. The summed E-state index contributed by atoms with van der Waals surface area (Å²) in [6.45, 7) is 8.56. The maximum absolute atomic E-state index is 12.2. The predicted octanol–water partition coefficient (Wildman–Crippen LogP) is 3.21. The maximum Gasteiger partial charge on any atom is 0.416 e. The first-order valence-corrected chi connectivity index (χ1v) is 6.96. The summed E-state index contributed by atoms with van der Waals surface area (Å²) >= 11 is 0. The van der Waals surface area contributed by atoms with Crippen LogP contribution in [0.25, 0.3) is 0 Å². The summed E-state index contributed by atoms with van der Waals surface area (Å²) in [6, 6.07) is -0.0941. The summed E-state index contributed by atoms with van der Waals surface area (Å²) in [6.07, 6.45) is 3.28. The lowest BCUT2D eigenvalue weighted by Crippen LogP contribution is -2.42. The van der Waals surface area contributed by atoms with Crippen molar-refractivity contribution < 1.29 is 14.3 Å². The first-order valence-electron chi connectivity index (χ1n) is 6.96. The number of unbranched alkanes of at least 4 members (excludes halogenated alkanes) is 1. The van der Waals surface area contributed by atoms with Crippen molar-refractivity contribution >= 4 is 12.0 Å². The van der Waals surface area contributed by atoms with Crippen LogP contribution in [0, 0.1) is 11.8 Å². The molecule has 18 heavy (non-hydrogen) atoms. The molecule has 4 heteroatoms. The van der Waals surface area contributed by atoms with Crippen LogP contribution in [0.2, 0.25) is 0 Å². The molecule has 4 nitrogen and oxygen atoms in total. The molecule has 0 aromatic heterocycles. The van der Waals surface area contributed by atoms with E-state index in [1.165, 1.54) is 4.90 Å². The van der Waals surface area contributed by atoms with Crippen LogP contribution in [0.15, 0.2) is 0 Å². The number of carbonyl (C=O) groups excluding carboxylic acids is 2. The Morgan fingerprint density at radius 2 is 2.11 bits per heavy atom. The normalized spacial score (nSPS) is 21.3. The number of hydrogen-bond donors (Lipinski definition) is 0. The highest BCUT2D eigenvalue weighted by atomic mass is 16.6. The average molecular weight is 255 g/mol. The molecule has 1 rings (SSSR count). The third-order valence-electron chi connectivity index (χ3n) is 3.52. The van der Waals surface area contributed by atoms with Crippen molar-refractivity contribution in [1.82, 2.24) is 4.90 Å². The van der Waals surface area contributed by atoms with E-state index < -0.39 is 6.09 Å². The summed E-state index contributed by atoms with van der Waals surface area (Å²) in [5.41, 5.74) is 0. The van der Waals surface area contributed by atoms with Gasteiger partial charge in [0.15, 0.2) is 0 Å². The first kappa shape index (κ1) is 15.0. The molecule has 1 aliphatic rings. The van der Waals surface area contributed by atoms with E-state index in [1.54, 1.807) is 0 Å². The Morgan fingerprint density at radius 3 is 2.67 bits per heavy atom. The number of carbonyl (C=O) groups is 2. The fraction of sp³-hybridized carbons (Fsp3) is 0.857. The molecule has 0 spiro atoms. The lowest BCUT2D eigenvalue weighted by Gasteiger charge is -2.23. The molecule has 0 aromatic rings. The highest BCUT2D eigenvalue weighted by Crippen LogP contribution is 2.22. The molecule has 0 aliphatic carbocycles. The van der Waals surface area contributed by atoms with Gasteiger partial charge < -0.3 is 4.74 Å². The van der Waals surface area contributed by atoms with Gasteiger partial charge in [0.2, 0.25) is 5.91 Å². The summed E-state index contributed by atoms with van der Waals surface area (Å²) < 4.78 is 4.99. The van der Waals surface area contributed by atoms with E-state index in [0.717, 1.165) is 19.3 Å². The van der Waals surface area contributed by atoms with Crippen LogP contribution in [0.3, 0.4) is 0 Å². The smallest absolute Gasteiger partial charge is 0.416 e. The largest absolute Gasteiger partial charge is 0.447 e. The Labute approximate surface area is 110 Å². The number of rotatable bonds is 6. The lowest BCUT2D eigenvalue weighted by molar-refractivity contribution is -0.130. The molecular weight excluding hydrogens is 230 g/mol. The zero-order chi connectivity index (χ0) is 13.7. The summed E-state index contributed by atoms with van der Waals surface area (Å²) in [5, 5.41) is 0. The van der Waals surface area contributed by atoms with Crippen LogP contribution in [0.5, 0.6) is 0 Å². The lowest BCUT2D eigenvalue weighted by atomic mass is 9.98. The topological polar surface area (TPSA) is 46.6 Å². The van der Waals surface area contributed by atoms with E-state index in [0.29, 0.717) is 18.9 Å². The molecule has 2 amide bonds. The Balaban J connectivity index is 2.56. The van der Waals surface area contributed by atoms with Gasteiger partial charge in [-0.25, -0.2) is 9.69 Å². The summed E-state index contributed by atoms with van der Waals surface area (Å²) in [7, 11) is 0. The van der Waals surface area contributed by atoms with Crippen molar-refractivity contribution in [2.24, 2.45) is 11.8 Å². The van der Waals surface area contributed by atoms with Gasteiger partial charge in [-0.15, -0.1) is 0 Å². The van der Waals surface area contributed by atoms with Crippen LogP contribution in [0.4, 0.5) is 4.79 Å². The second-order valence-corrected chi connectivity index (χ2v) is 5.60. The molecule has 0 aromatic carbocycles. The first-order chi connectivity index (χ1) is 8.47. The van der Waals surface area contributed by atoms with Crippen molar-refractivity contribution in [1.29, 1.82) is 0 Å². The van der Waals surface area contributed by atoms with Crippen LogP contribution in [-0.2, 0) is 9.53 Å². The minimum Gasteiger partial charge on any atom is -0.447 e. The van der Waals surface area contributed by atoms with Gasteiger partial charge in [0.1, 0.15) is 6.61 Å². The monoisotopic (exact) mass is 255 g/mol. The molecule has 2 atom stereocenters. The molecule has 1 saturated heterocycles. The molecule has 1 fully saturated rings. The predicted molar refractivity (Wildman–Crippen MR) is 70.1 cm³/mol. The number of imide groups is 1. The van der Waals surface area contributed by atoms with Gasteiger partial charge in [-0.3, -0.25) is 4.79 Å². The van der Waals surface area contributed by atoms with Crippen molar-refractivity contribution in [3.8, 4) is 0 Å². The van der Waals surface area contributed by atoms with E-state index in [2.05, 4.69) is 13.8 Å². The standard InChI is InChI=1S/C14H25NO3/c1-5-6-7-11(4)8-13(16)15-12(10(2)3)9-18-14(15)17/h10-12H,5-9H2,1-4H3/t11-,12+/m0/s1. The number of cyclic esters (lactones) is 1. The van der Waals surface area contributed by atoms with E-state index in [4.69, 9.17) is 4.74 Å². The zero-order valence-electron chi connectivity index (χ0n) is 11.9. The van der Waals surface area contributed by atoms with Crippen molar-refractivity contribution in [2.45, 2.75) is 59.4 Å². The van der Waals surface area contributed by atoms with Gasteiger partial charge in [-0.2, -0.15) is 0 Å². The highest BCUT2D eigenvalue weighted by Gasteiger charge is 2.39. The molecule has 1 heterocycles. The van der Waals surface area contributed by atoms with E-state index in [9.17, 15) is 9.59 Å². The summed E-state index contributed by atoms with van der Waals surface area (Å²) in [4.78, 5) is 25.1. The van der Waals surface area contributed by atoms with Crippen molar-refractivity contribution in [3.63, 3.8) is 0 Å². The van der Waals surface area contributed by atoms with E-state index in [-0.39, 0.29) is 17.9 Å². The Bertz CT molecular complexity index is 301. The Hall–Kier alpha value is -1.06. The molecular formula is C14H25NO3. The number of hydrogen-bond acceptors (Lipinski definition) is 3. The molecule has 0 bridgehead atoms.